The van der Waals surface area contributed by atoms with Gasteiger partial charge in [-0.15, -0.1) is 10.2 Å². The van der Waals surface area contributed by atoms with Gasteiger partial charge < -0.3 is 9.84 Å². The van der Waals surface area contributed by atoms with Crippen LogP contribution in [-0.2, 0) is 17.8 Å². The lowest BCUT2D eigenvalue weighted by atomic mass is 10.2. The molecule has 0 bridgehead atoms. The Morgan fingerprint density at radius 3 is 2.57 bits per heavy atom. The average Bonchev–Trinajstić information content (AvgIpc) is 3.44. The number of carbonyl (C=O) groups is 1. The summed E-state index contributed by atoms with van der Waals surface area (Å²) >= 11 is 5.89. The highest BCUT2D eigenvalue weighted by Gasteiger charge is 2.39. The molecule has 1 N–H and O–H groups in total. The van der Waals surface area contributed by atoms with Crippen molar-refractivity contribution in [1.29, 1.82) is 0 Å². The molecule has 15 heteroatoms. The number of Topliss-reactive ketones (excluding diaryl/α,β-unsaturated/α-hetero) is 1. The topological polar surface area (TPSA) is 130 Å². The molecule has 37 heavy (non-hydrogen) atoms. The van der Waals surface area contributed by atoms with Crippen molar-refractivity contribution in [3.05, 3.63) is 75.9 Å². The number of ether oxygens (including phenoxy) is 1. The van der Waals surface area contributed by atoms with Gasteiger partial charge in [0.05, 0.1) is 12.2 Å². The predicted octanol–water partition coefficient (Wildman–Crippen LogP) is 2.14. The van der Waals surface area contributed by atoms with Gasteiger partial charge in [-0.3, -0.25) is 14.3 Å². The Kier molecular flexibility index (Phi) is 7.52. The number of hydrogen-bond donors (Lipinski definition) is 1. The molecule has 0 aliphatic rings. The maximum Gasteiger partial charge on any atom is 0.416 e. The Bertz CT molecular complexity index is 1460. The second kappa shape index (κ2) is 10.6. The van der Waals surface area contributed by atoms with E-state index in [4.69, 9.17) is 16.3 Å². The number of hydrogen-bond acceptors (Lipinski definition) is 8. The number of benzene rings is 1. The molecule has 0 saturated heterocycles. The number of ketones is 1. The van der Waals surface area contributed by atoms with Crippen LogP contribution in [0.4, 0.5) is 13.2 Å². The largest absolute Gasteiger partial charge is 0.416 e. The molecule has 4 aromatic rings. The molecule has 1 atom stereocenters. The fourth-order valence-corrected chi connectivity index (χ4v) is 3.54. The lowest BCUT2D eigenvalue weighted by Gasteiger charge is -2.15. The molecule has 0 aliphatic heterocycles. The molecule has 1 aromatic carbocycles. The van der Waals surface area contributed by atoms with Gasteiger partial charge in [-0.25, -0.2) is 19.1 Å². The molecule has 3 aromatic heterocycles. The van der Waals surface area contributed by atoms with Gasteiger partial charge in [-0.2, -0.15) is 13.2 Å². The van der Waals surface area contributed by atoms with Gasteiger partial charge in [0.15, 0.2) is 17.8 Å². The summed E-state index contributed by atoms with van der Waals surface area (Å²) in [5.74, 6) is -0.412. The fraction of sp³-hybridized carbons (Fsp3) is 0.273. The van der Waals surface area contributed by atoms with E-state index >= 15 is 0 Å². The van der Waals surface area contributed by atoms with Gasteiger partial charge in [-0.1, -0.05) is 11.6 Å². The number of halogens is 4. The number of carbonyl (C=O) groups excluding carboxylic acids is 1. The first-order valence-electron chi connectivity index (χ1n) is 10.6. The minimum absolute atomic E-state index is 0.0831. The third-order valence-electron chi connectivity index (χ3n) is 5.16. The van der Waals surface area contributed by atoms with E-state index < -0.39 is 24.5 Å². The minimum atomic E-state index is -4.94. The number of alkyl halides is 3. The van der Waals surface area contributed by atoms with E-state index in [-0.39, 0.29) is 36.3 Å². The number of aromatic nitrogens is 7. The highest BCUT2D eigenvalue weighted by Crippen LogP contribution is 2.24. The van der Waals surface area contributed by atoms with Gasteiger partial charge in [0, 0.05) is 23.9 Å². The third-order valence-corrected chi connectivity index (χ3v) is 5.41. The summed E-state index contributed by atoms with van der Waals surface area (Å²) < 4.78 is 46.9. The molecule has 11 nitrogen and oxygen atoms in total. The van der Waals surface area contributed by atoms with Crippen LogP contribution < -0.4 is 5.69 Å². The van der Waals surface area contributed by atoms with Gasteiger partial charge in [0.2, 0.25) is 5.78 Å². The highest BCUT2D eigenvalue weighted by atomic mass is 35.5. The van der Waals surface area contributed by atoms with Crippen LogP contribution >= 0.6 is 11.6 Å². The summed E-state index contributed by atoms with van der Waals surface area (Å²) in [7, 11) is 1.37. The van der Waals surface area contributed by atoms with Crippen molar-refractivity contribution in [1.82, 2.24) is 34.1 Å². The first-order chi connectivity index (χ1) is 17.6. The van der Waals surface area contributed by atoms with Gasteiger partial charge >= 0.3 is 11.9 Å². The molecule has 3 heterocycles. The zero-order valence-electron chi connectivity index (χ0n) is 19.1. The fourth-order valence-electron chi connectivity index (χ4n) is 3.41. The summed E-state index contributed by atoms with van der Waals surface area (Å²) in [6.45, 7) is -1.57. The predicted molar refractivity (Wildman–Crippen MR) is 123 cm³/mol. The first kappa shape index (κ1) is 26.2. The van der Waals surface area contributed by atoms with Crippen LogP contribution in [0.15, 0.2) is 53.7 Å². The summed E-state index contributed by atoms with van der Waals surface area (Å²) in [4.78, 5) is 33.5. The SMILES string of the molecule is COCC(=O)c1ncccc1-n1cnc(Cn2nc(-c3ccc(Cl)cc3)n(C[C@@H](O)C(F)(F)F)c2=O)n1. The first-order valence-corrected chi connectivity index (χ1v) is 11.0. The van der Waals surface area contributed by atoms with E-state index in [0.717, 1.165) is 9.25 Å². The number of aliphatic hydroxyl groups excluding tert-OH is 1. The molecule has 194 valence electrons. The Hall–Kier alpha value is -3.88. The zero-order chi connectivity index (χ0) is 26.7. The molecule has 4 rings (SSSR count). The van der Waals surface area contributed by atoms with Crippen molar-refractivity contribution in [2.24, 2.45) is 0 Å². The molecule has 0 fully saturated rings. The normalized spacial score (nSPS) is 12.6. The van der Waals surface area contributed by atoms with E-state index in [1.807, 2.05) is 0 Å². The number of methoxy groups -OCH3 is 1. The number of pyridine rings is 1. The Labute approximate surface area is 211 Å². The quantitative estimate of drug-likeness (QED) is 0.321. The number of nitrogens with zero attached hydrogens (tertiary/aromatic N) is 7. The van der Waals surface area contributed by atoms with Crippen LogP contribution in [0.5, 0.6) is 0 Å². The van der Waals surface area contributed by atoms with Crippen molar-refractivity contribution < 1.29 is 27.8 Å². The van der Waals surface area contributed by atoms with Crippen LogP contribution in [-0.4, -0.2) is 71.0 Å². The minimum Gasteiger partial charge on any atom is -0.382 e. The molecular formula is C22H19ClF3N7O4. The van der Waals surface area contributed by atoms with Crippen molar-refractivity contribution in [2.75, 3.05) is 13.7 Å². The van der Waals surface area contributed by atoms with Crippen LogP contribution in [0, 0.1) is 0 Å². The van der Waals surface area contributed by atoms with Crippen molar-refractivity contribution in [3.8, 4) is 17.1 Å². The maximum atomic E-state index is 13.0. The Morgan fingerprint density at radius 1 is 1.16 bits per heavy atom. The summed E-state index contributed by atoms with van der Waals surface area (Å²) in [6, 6.07) is 9.13. The lowest BCUT2D eigenvalue weighted by molar-refractivity contribution is -0.207. The van der Waals surface area contributed by atoms with Crippen molar-refractivity contribution in [3.63, 3.8) is 0 Å². The summed E-state index contributed by atoms with van der Waals surface area (Å²) in [5.41, 5.74) is -0.198. The third kappa shape index (κ3) is 5.76. The molecule has 0 aliphatic carbocycles. The second-order valence-corrected chi connectivity index (χ2v) is 8.21. The van der Waals surface area contributed by atoms with Crippen LogP contribution in [0.25, 0.3) is 17.1 Å². The standard InChI is InChI=1S/C22H19ClF3N7O4/c1-37-11-16(34)19-15(3-2-8-27-19)33-12-28-18(29-33)10-32-21(36)31(9-17(35)22(24,25)26)20(30-32)13-4-6-14(23)7-5-13/h2-8,12,17,35H,9-11H2,1H3/t17-/m1/s1. The van der Waals surface area contributed by atoms with Gasteiger partial charge in [0.1, 0.15) is 25.2 Å². The molecule has 0 unspecified atom stereocenters. The molecule has 0 spiro atoms. The number of rotatable bonds is 9. The molecule has 0 saturated carbocycles. The van der Waals surface area contributed by atoms with E-state index in [1.54, 1.807) is 12.1 Å². The summed E-state index contributed by atoms with van der Waals surface area (Å²) in [5, 5.41) is 18.4. The van der Waals surface area contributed by atoms with Crippen molar-refractivity contribution in [2.45, 2.75) is 25.4 Å². The van der Waals surface area contributed by atoms with E-state index in [1.165, 1.54) is 48.6 Å². The monoisotopic (exact) mass is 537 g/mol. The maximum absolute atomic E-state index is 13.0. The Morgan fingerprint density at radius 2 is 1.89 bits per heavy atom. The number of aliphatic hydroxyl groups is 1. The summed E-state index contributed by atoms with van der Waals surface area (Å²) in [6.07, 6.45) is -5.00. The second-order valence-electron chi connectivity index (χ2n) is 7.77. The lowest BCUT2D eigenvalue weighted by Crippen LogP contribution is -2.37. The van der Waals surface area contributed by atoms with Gasteiger partial charge in [-0.05, 0) is 36.4 Å². The van der Waals surface area contributed by atoms with Gasteiger partial charge in [0.25, 0.3) is 0 Å². The Balaban J connectivity index is 1.69. The molecular weight excluding hydrogens is 519 g/mol. The average molecular weight is 538 g/mol. The smallest absolute Gasteiger partial charge is 0.382 e. The van der Waals surface area contributed by atoms with Crippen LogP contribution in [0.2, 0.25) is 5.02 Å². The zero-order valence-corrected chi connectivity index (χ0v) is 19.9. The van der Waals surface area contributed by atoms with E-state index in [0.29, 0.717) is 16.3 Å². The van der Waals surface area contributed by atoms with E-state index in [9.17, 15) is 27.9 Å². The highest BCUT2D eigenvalue weighted by molar-refractivity contribution is 6.30. The molecule has 0 amide bonds. The van der Waals surface area contributed by atoms with Crippen molar-refractivity contribution >= 4 is 17.4 Å². The van der Waals surface area contributed by atoms with Crippen LogP contribution in [0.3, 0.4) is 0 Å². The van der Waals surface area contributed by atoms with E-state index in [2.05, 4.69) is 20.2 Å². The van der Waals surface area contributed by atoms with Crippen LogP contribution in [0.1, 0.15) is 16.3 Å². The molecule has 0 radical (unpaired) electrons.